The first-order valence-electron chi connectivity index (χ1n) is 10.2. The summed E-state index contributed by atoms with van der Waals surface area (Å²) in [6.45, 7) is 0. The Labute approximate surface area is 183 Å². The highest BCUT2D eigenvalue weighted by molar-refractivity contribution is 6.37. The molecule has 0 saturated heterocycles. The van der Waals surface area contributed by atoms with Crippen LogP contribution < -0.4 is 15.4 Å². The van der Waals surface area contributed by atoms with Gasteiger partial charge in [0.25, 0.3) is 5.91 Å². The highest BCUT2D eigenvalue weighted by Crippen LogP contribution is 2.39. The summed E-state index contributed by atoms with van der Waals surface area (Å²) in [6, 6.07) is 19.9. The molecule has 1 aliphatic rings. The highest BCUT2D eigenvalue weighted by Gasteiger charge is 2.28. The summed E-state index contributed by atoms with van der Waals surface area (Å²) >= 11 is 0. The number of ether oxygens (including phenoxy) is 1. The van der Waals surface area contributed by atoms with Gasteiger partial charge in [0, 0.05) is 22.8 Å². The average molecular weight is 421 g/mol. The fourth-order valence-corrected chi connectivity index (χ4v) is 4.22. The number of aromatic nitrogens is 3. The Hall–Kier alpha value is -4.52. The quantitative estimate of drug-likeness (QED) is 0.297. The van der Waals surface area contributed by atoms with Gasteiger partial charge < -0.3 is 25.3 Å². The molecular formula is C25H19N5O2. The highest BCUT2D eigenvalue weighted by atomic mass is 16.5. The lowest BCUT2D eigenvalue weighted by atomic mass is 10.0. The number of anilines is 3. The molecule has 0 saturated carbocycles. The monoisotopic (exact) mass is 421 g/mol. The molecule has 0 unspecified atom stereocenters. The van der Waals surface area contributed by atoms with Crippen molar-refractivity contribution < 1.29 is 9.53 Å². The van der Waals surface area contributed by atoms with Crippen molar-refractivity contribution in [3.8, 4) is 5.75 Å². The van der Waals surface area contributed by atoms with E-state index in [9.17, 15) is 4.79 Å². The maximum absolute atomic E-state index is 12.8. The largest absolute Gasteiger partial charge is 0.495 e. The van der Waals surface area contributed by atoms with Crippen molar-refractivity contribution >= 4 is 56.7 Å². The van der Waals surface area contributed by atoms with Crippen LogP contribution in [0.4, 0.5) is 17.3 Å². The van der Waals surface area contributed by atoms with Crippen molar-refractivity contribution in [3.05, 3.63) is 78.1 Å². The van der Waals surface area contributed by atoms with Gasteiger partial charge in [0.15, 0.2) is 0 Å². The summed E-state index contributed by atoms with van der Waals surface area (Å²) in [5.41, 5.74) is 5.29. The molecular weight excluding hydrogens is 402 g/mol. The third-order valence-corrected chi connectivity index (χ3v) is 5.71. The topological polar surface area (TPSA) is 94.8 Å². The number of rotatable bonds is 4. The molecule has 32 heavy (non-hydrogen) atoms. The molecule has 0 atom stereocenters. The van der Waals surface area contributed by atoms with Crippen molar-refractivity contribution in [2.45, 2.75) is 0 Å². The molecule has 0 bridgehead atoms. The Bertz CT molecular complexity index is 1540. The zero-order chi connectivity index (χ0) is 21.7. The molecule has 156 valence electrons. The van der Waals surface area contributed by atoms with Gasteiger partial charge in [0.1, 0.15) is 11.3 Å². The first-order valence-corrected chi connectivity index (χ1v) is 10.2. The lowest BCUT2D eigenvalue weighted by molar-refractivity contribution is -0.110. The normalized spacial score (nSPS) is 14.2. The third kappa shape index (κ3) is 2.83. The average Bonchev–Trinajstić information content (AvgIpc) is 3.51. The minimum atomic E-state index is -0.171. The number of hydrogen-bond donors (Lipinski definition) is 4. The molecule has 0 aliphatic carbocycles. The second kappa shape index (κ2) is 7.02. The molecule has 7 nitrogen and oxygen atoms in total. The lowest BCUT2D eigenvalue weighted by Crippen LogP contribution is -2.03. The SMILES string of the molecule is COc1cc[nH]c1/C=C1\C(=O)Nc2ccc3[nH]c(Nc4cccc5ccccc45)nc3c21. The number of methoxy groups -OCH3 is 1. The number of fused-ring (bicyclic) bond motifs is 4. The van der Waals surface area contributed by atoms with Crippen LogP contribution in [0.3, 0.4) is 0 Å². The zero-order valence-corrected chi connectivity index (χ0v) is 17.2. The second-order valence-electron chi connectivity index (χ2n) is 7.59. The van der Waals surface area contributed by atoms with E-state index < -0.39 is 0 Å². The second-order valence-corrected chi connectivity index (χ2v) is 7.59. The van der Waals surface area contributed by atoms with Crippen LogP contribution >= 0.6 is 0 Å². The number of hydrogen-bond acceptors (Lipinski definition) is 4. The van der Waals surface area contributed by atoms with E-state index in [1.807, 2.05) is 42.5 Å². The van der Waals surface area contributed by atoms with Crippen LogP contribution in [0.25, 0.3) is 33.5 Å². The van der Waals surface area contributed by atoms with Gasteiger partial charge in [0.2, 0.25) is 5.95 Å². The van der Waals surface area contributed by atoms with Crippen molar-refractivity contribution in [3.63, 3.8) is 0 Å². The Morgan fingerprint density at radius 3 is 2.81 bits per heavy atom. The number of amides is 1. The van der Waals surface area contributed by atoms with Gasteiger partial charge in [0.05, 0.1) is 29.6 Å². The van der Waals surface area contributed by atoms with Gasteiger partial charge in [-0.1, -0.05) is 36.4 Å². The molecule has 1 amide bonds. The maximum atomic E-state index is 12.8. The number of H-pyrrole nitrogens is 2. The molecule has 0 fully saturated rings. The number of carbonyl (C=O) groups is 1. The van der Waals surface area contributed by atoms with Gasteiger partial charge in [-0.15, -0.1) is 0 Å². The van der Waals surface area contributed by atoms with Crippen LogP contribution in [0.2, 0.25) is 0 Å². The van der Waals surface area contributed by atoms with Crippen LogP contribution in [0.5, 0.6) is 5.75 Å². The summed E-state index contributed by atoms with van der Waals surface area (Å²) in [7, 11) is 1.60. The van der Waals surface area contributed by atoms with E-state index in [1.165, 1.54) is 0 Å². The fraction of sp³-hybridized carbons (Fsp3) is 0.0400. The smallest absolute Gasteiger partial charge is 0.256 e. The molecule has 7 heteroatoms. The van der Waals surface area contributed by atoms with Gasteiger partial charge in [-0.3, -0.25) is 4.79 Å². The number of nitrogens with one attached hydrogen (secondary N) is 4. The number of carbonyl (C=O) groups excluding carboxylic acids is 1. The minimum Gasteiger partial charge on any atom is -0.495 e. The number of aromatic amines is 2. The number of imidazole rings is 1. The van der Waals surface area contributed by atoms with Crippen LogP contribution in [0, 0.1) is 0 Å². The number of benzene rings is 3. The van der Waals surface area contributed by atoms with E-state index in [4.69, 9.17) is 9.72 Å². The van der Waals surface area contributed by atoms with Crippen LogP contribution in [0.15, 0.2) is 66.9 Å². The molecule has 2 aromatic heterocycles. The van der Waals surface area contributed by atoms with E-state index in [0.29, 0.717) is 17.3 Å². The molecule has 6 rings (SSSR count). The van der Waals surface area contributed by atoms with E-state index in [2.05, 4.69) is 38.8 Å². The molecule has 3 heterocycles. The Balaban J connectivity index is 1.46. The predicted molar refractivity (Wildman–Crippen MR) is 127 cm³/mol. The first kappa shape index (κ1) is 18.3. The molecule has 5 aromatic rings. The molecule has 0 radical (unpaired) electrons. The number of nitrogens with zero attached hydrogens (tertiary/aromatic N) is 1. The van der Waals surface area contributed by atoms with Crippen LogP contribution in [-0.2, 0) is 4.79 Å². The Morgan fingerprint density at radius 1 is 1.03 bits per heavy atom. The predicted octanol–water partition coefficient (Wildman–Crippen LogP) is 5.29. The summed E-state index contributed by atoms with van der Waals surface area (Å²) in [6.07, 6.45) is 3.58. The first-order chi connectivity index (χ1) is 15.7. The summed E-state index contributed by atoms with van der Waals surface area (Å²) in [4.78, 5) is 24.0. The van der Waals surface area contributed by atoms with E-state index in [-0.39, 0.29) is 5.91 Å². The maximum Gasteiger partial charge on any atom is 0.256 e. The Morgan fingerprint density at radius 2 is 1.91 bits per heavy atom. The zero-order valence-electron chi connectivity index (χ0n) is 17.2. The summed E-state index contributed by atoms with van der Waals surface area (Å²) in [5, 5.41) is 8.59. The van der Waals surface area contributed by atoms with Crippen molar-refractivity contribution in [1.29, 1.82) is 0 Å². The van der Waals surface area contributed by atoms with Crippen LogP contribution in [0.1, 0.15) is 11.3 Å². The van der Waals surface area contributed by atoms with Gasteiger partial charge >= 0.3 is 0 Å². The molecule has 0 spiro atoms. The lowest BCUT2D eigenvalue weighted by Gasteiger charge is -2.07. The van der Waals surface area contributed by atoms with E-state index in [0.717, 1.165) is 44.4 Å². The standard InChI is InChI=1S/C25H19N5O2/c1-32-21-11-12-26-20(21)13-16-22-18(27-24(16)31)9-10-19-23(22)30-25(29-19)28-17-8-4-6-14-5-2-3-7-15(14)17/h2-13,26H,1H3,(H,27,31)(H2,28,29,30)/b16-13-. The summed E-state index contributed by atoms with van der Waals surface area (Å²) in [5.74, 6) is 1.11. The van der Waals surface area contributed by atoms with Crippen molar-refractivity contribution in [2.24, 2.45) is 0 Å². The molecule has 3 aromatic carbocycles. The minimum absolute atomic E-state index is 0.171. The molecule has 4 N–H and O–H groups in total. The Kier molecular flexibility index (Phi) is 4.01. The van der Waals surface area contributed by atoms with Gasteiger partial charge in [-0.05, 0) is 35.7 Å². The molecule has 1 aliphatic heterocycles. The summed E-state index contributed by atoms with van der Waals surface area (Å²) < 4.78 is 5.37. The third-order valence-electron chi connectivity index (χ3n) is 5.71. The van der Waals surface area contributed by atoms with Gasteiger partial charge in [-0.25, -0.2) is 4.98 Å². The van der Waals surface area contributed by atoms with Crippen molar-refractivity contribution in [1.82, 2.24) is 15.0 Å². The van der Waals surface area contributed by atoms with E-state index in [1.54, 1.807) is 19.4 Å². The van der Waals surface area contributed by atoms with Gasteiger partial charge in [-0.2, -0.15) is 0 Å². The fourth-order valence-electron chi connectivity index (χ4n) is 4.22. The van der Waals surface area contributed by atoms with Crippen molar-refractivity contribution in [2.75, 3.05) is 17.7 Å². The van der Waals surface area contributed by atoms with E-state index >= 15 is 0 Å². The van der Waals surface area contributed by atoms with Crippen LogP contribution in [-0.4, -0.2) is 28.0 Å².